The van der Waals surface area contributed by atoms with Crippen molar-refractivity contribution in [1.82, 2.24) is 4.57 Å². The second-order valence-corrected chi connectivity index (χ2v) is 7.07. The molecule has 4 nitrogen and oxygen atoms in total. The monoisotopic (exact) mass is 413 g/mol. The van der Waals surface area contributed by atoms with Crippen molar-refractivity contribution in [2.24, 2.45) is 0 Å². The van der Waals surface area contributed by atoms with Crippen LogP contribution in [0.15, 0.2) is 28.7 Å². The number of halogens is 2. The molecule has 1 aromatic heterocycles. The van der Waals surface area contributed by atoms with E-state index in [0.29, 0.717) is 22.9 Å². The van der Waals surface area contributed by atoms with Crippen LogP contribution in [0.25, 0.3) is 0 Å². The Morgan fingerprint density at radius 1 is 1.33 bits per heavy atom. The summed E-state index contributed by atoms with van der Waals surface area (Å²) >= 11 is 9.45. The van der Waals surface area contributed by atoms with E-state index in [1.165, 1.54) is 0 Å². The highest BCUT2D eigenvalue weighted by Gasteiger charge is 2.19. The summed E-state index contributed by atoms with van der Waals surface area (Å²) in [5.41, 5.74) is 2.62. The number of rotatable bonds is 7. The van der Waals surface area contributed by atoms with E-state index >= 15 is 0 Å². The Morgan fingerprint density at radius 2 is 2.04 bits per heavy atom. The summed E-state index contributed by atoms with van der Waals surface area (Å²) in [7, 11) is 1.67. The quantitative estimate of drug-likeness (QED) is 0.599. The Bertz CT molecular complexity index is 742. The summed E-state index contributed by atoms with van der Waals surface area (Å²) in [5.74, 6) is 0.424. The van der Waals surface area contributed by atoms with Gasteiger partial charge in [-0.15, -0.1) is 0 Å². The zero-order chi connectivity index (χ0) is 17.9. The first kappa shape index (κ1) is 19.0. The van der Waals surface area contributed by atoms with Crippen LogP contribution in [0.4, 0.5) is 0 Å². The number of benzene rings is 1. The van der Waals surface area contributed by atoms with E-state index in [2.05, 4.69) is 27.4 Å². The van der Waals surface area contributed by atoms with Gasteiger partial charge in [-0.2, -0.15) is 0 Å². The molecule has 2 aromatic rings. The molecule has 0 aliphatic carbocycles. The summed E-state index contributed by atoms with van der Waals surface area (Å²) < 4.78 is 13.8. The predicted octanol–water partition coefficient (Wildman–Crippen LogP) is 4.99. The van der Waals surface area contributed by atoms with Crippen LogP contribution in [0.2, 0.25) is 5.02 Å². The number of hydrogen-bond donors (Lipinski definition) is 0. The van der Waals surface area contributed by atoms with Crippen LogP contribution in [-0.2, 0) is 4.74 Å². The van der Waals surface area contributed by atoms with Crippen LogP contribution >= 0.6 is 27.5 Å². The molecule has 0 N–H and O–H groups in total. The normalized spacial score (nSPS) is 12.2. The maximum Gasteiger partial charge on any atom is 0.202 e. The van der Waals surface area contributed by atoms with Crippen molar-refractivity contribution in [3.63, 3.8) is 0 Å². The topological polar surface area (TPSA) is 40.5 Å². The van der Waals surface area contributed by atoms with Crippen molar-refractivity contribution in [3.8, 4) is 5.75 Å². The highest BCUT2D eigenvalue weighted by atomic mass is 79.9. The fourth-order valence-corrected chi connectivity index (χ4v) is 3.59. The number of hydrogen-bond acceptors (Lipinski definition) is 3. The molecule has 0 saturated carbocycles. The fourth-order valence-electron chi connectivity index (χ4n) is 2.87. The first-order chi connectivity index (χ1) is 11.3. The fraction of sp³-hybridized carbons (Fsp3) is 0.389. The zero-order valence-electron chi connectivity index (χ0n) is 14.2. The number of Topliss-reactive ketones (excluding diaryl/α,β-unsaturated/α-hetero) is 1. The first-order valence-corrected chi connectivity index (χ1v) is 8.80. The summed E-state index contributed by atoms with van der Waals surface area (Å²) in [6.07, 6.45) is 0. The minimum absolute atomic E-state index is 0.0513. The molecule has 6 heteroatoms. The average Bonchev–Trinajstić information content (AvgIpc) is 2.81. The van der Waals surface area contributed by atoms with E-state index < -0.39 is 0 Å². The van der Waals surface area contributed by atoms with E-state index in [-0.39, 0.29) is 18.4 Å². The molecule has 0 fully saturated rings. The summed E-state index contributed by atoms with van der Waals surface area (Å²) in [5, 5.41) is 0.469. The Hall–Kier alpha value is -1.30. The van der Waals surface area contributed by atoms with Gasteiger partial charge in [-0.05, 0) is 45.0 Å². The average molecular weight is 415 g/mol. The molecule has 24 heavy (non-hydrogen) atoms. The molecule has 1 atom stereocenters. The van der Waals surface area contributed by atoms with Gasteiger partial charge in [0.15, 0.2) is 6.61 Å². The molecule has 1 heterocycles. The third kappa shape index (κ3) is 4.21. The second-order valence-electron chi connectivity index (χ2n) is 5.75. The number of aryl methyl sites for hydroxylation is 1. The molecular weight excluding hydrogens is 394 g/mol. The Morgan fingerprint density at radius 3 is 2.67 bits per heavy atom. The molecular formula is C18H21BrClNO3. The van der Waals surface area contributed by atoms with E-state index in [1.54, 1.807) is 19.2 Å². The molecule has 0 spiro atoms. The number of carbonyl (C=O) groups is 1. The van der Waals surface area contributed by atoms with Gasteiger partial charge in [0.1, 0.15) is 5.75 Å². The number of ketones is 1. The minimum atomic E-state index is -0.0713. The zero-order valence-corrected chi connectivity index (χ0v) is 16.6. The number of methoxy groups -OCH3 is 1. The van der Waals surface area contributed by atoms with E-state index in [9.17, 15) is 4.79 Å². The number of carbonyl (C=O) groups excluding carboxylic acids is 1. The summed E-state index contributed by atoms with van der Waals surface area (Å²) in [6.45, 7) is 6.54. The minimum Gasteiger partial charge on any atom is -0.484 e. The lowest BCUT2D eigenvalue weighted by Gasteiger charge is -2.17. The lowest BCUT2D eigenvalue weighted by molar-refractivity contribution is 0.0920. The highest BCUT2D eigenvalue weighted by molar-refractivity contribution is 9.10. The van der Waals surface area contributed by atoms with Crippen LogP contribution in [0.1, 0.15) is 34.7 Å². The standard InChI is InChI=1S/C18H21BrClNO3/c1-11-7-15(13(3)21(11)12(2)9-23-4)17(22)10-24-18-6-5-14(19)8-16(18)20/h5-8,12H,9-10H2,1-4H3/t12-/m1/s1. The highest BCUT2D eigenvalue weighted by Crippen LogP contribution is 2.28. The van der Waals surface area contributed by atoms with Crippen molar-refractivity contribution < 1.29 is 14.3 Å². The Kier molecular flexibility index (Phi) is 6.49. The van der Waals surface area contributed by atoms with Crippen LogP contribution < -0.4 is 4.74 Å². The van der Waals surface area contributed by atoms with Gasteiger partial charge in [0.05, 0.1) is 17.7 Å². The molecule has 0 unspecified atom stereocenters. The van der Waals surface area contributed by atoms with Crippen LogP contribution in [0, 0.1) is 13.8 Å². The molecule has 0 bridgehead atoms. The molecule has 130 valence electrons. The van der Waals surface area contributed by atoms with Crippen LogP contribution in [-0.4, -0.2) is 30.7 Å². The number of nitrogens with zero attached hydrogens (tertiary/aromatic N) is 1. The summed E-state index contributed by atoms with van der Waals surface area (Å²) in [6, 6.07) is 7.36. The maximum atomic E-state index is 12.5. The lowest BCUT2D eigenvalue weighted by atomic mass is 10.1. The van der Waals surface area contributed by atoms with Gasteiger partial charge in [-0.3, -0.25) is 4.79 Å². The van der Waals surface area contributed by atoms with Crippen molar-refractivity contribution in [3.05, 3.63) is 50.7 Å². The van der Waals surface area contributed by atoms with Crippen LogP contribution in [0.3, 0.4) is 0 Å². The number of aromatic nitrogens is 1. The molecule has 0 aliphatic rings. The third-order valence-electron chi connectivity index (χ3n) is 3.89. The van der Waals surface area contributed by atoms with Gasteiger partial charge in [-0.25, -0.2) is 0 Å². The molecule has 2 rings (SSSR count). The molecule has 0 radical (unpaired) electrons. The SMILES string of the molecule is COC[C@@H](C)n1c(C)cc(C(=O)COc2ccc(Br)cc2Cl)c1C. The van der Waals surface area contributed by atoms with Crippen molar-refractivity contribution >= 4 is 33.3 Å². The van der Waals surface area contributed by atoms with Gasteiger partial charge in [0.2, 0.25) is 5.78 Å². The molecule has 0 saturated heterocycles. The van der Waals surface area contributed by atoms with Gasteiger partial charge in [0.25, 0.3) is 0 Å². The Labute approximate surface area is 155 Å². The van der Waals surface area contributed by atoms with Gasteiger partial charge in [0, 0.05) is 28.5 Å². The van der Waals surface area contributed by atoms with E-state index in [0.717, 1.165) is 15.9 Å². The maximum absolute atomic E-state index is 12.5. The van der Waals surface area contributed by atoms with Crippen molar-refractivity contribution in [1.29, 1.82) is 0 Å². The lowest BCUT2D eigenvalue weighted by Crippen LogP contribution is -2.16. The first-order valence-electron chi connectivity index (χ1n) is 7.63. The molecule has 0 amide bonds. The summed E-state index contributed by atoms with van der Waals surface area (Å²) in [4.78, 5) is 12.5. The van der Waals surface area contributed by atoms with Gasteiger partial charge < -0.3 is 14.0 Å². The van der Waals surface area contributed by atoms with E-state index in [4.69, 9.17) is 21.1 Å². The van der Waals surface area contributed by atoms with Crippen molar-refractivity contribution in [2.75, 3.05) is 20.3 Å². The van der Waals surface area contributed by atoms with Crippen LogP contribution in [0.5, 0.6) is 5.75 Å². The van der Waals surface area contributed by atoms with E-state index in [1.807, 2.05) is 26.0 Å². The predicted molar refractivity (Wildman–Crippen MR) is 99.5 cm³/mol. The molecule has 1 aromatic carbocycles. The largest absolute Gasteiger partial charge is 0.484 e. The third-order valence-corrected chi connectivity index (χ3v) is 4.67. The van der Waals surface area contributed by atoms with Gasteiger partial charge in [-0.1, -0.05) is 27.5 Å². The second kappa shape index (κ2) is 8.19. The van der Waals surface area contributed by atoms with Crippen molar-refractivity contribution in [2.45, 2.75) is 26.8 Å². The smallest absolute Gasteiger partial charge is 0.202 e. The number of ether oxygens (including phenoxy) is 2. The Balaban J connectivity index is 2.14. The van der Waals surface area contributed by atoms with Gasteiger partial charge >= 0.3 is 0 Å². The molecule has 0 aliphatic heterocycles.